The highest BCUT2D eigenvalue weighted by Gasteiger charge is 2.47. The highest BCUT2D eigenvalue weighted by atomic mass is 16.6. The number of nitrogens with zero attached hydrogens (tertiary/aromatic N) is 1. The summed E-state index contributed by atoms with van der Waals surface area (Å²) < 4.78 is 5.11. The van der Waals surface area contributed by atoms with Gasteiger partial charge in [-0.1, -0.05) is 18.2 Å². The molecular formula is C13H15NO5. The van der Waals surface area contributed by atoms with Gasteiger partial charge in [-0.2, -0.15) is 0 Å². The second-order valence-electron chi connectivity index (χ2n) is 4.95. The van der Waals surface area contributed by atoms with Gasteiger partial charge in [0.1, 0.15) is 5.60 Å². The molecule has 1 aromatic carbocycles. The van der Waals surface area contributed by atoms with Crippen molar-refractivity contribution >= 4 is 5.97 Å². The minimum absolute atomic E-state index is 0.00221. The van der Waals surface area contributed by atoms with Crippen molar-refractivity contribution in [1.29, 1.82) is 0 Å². The minimum Gasteiger partial charge on any atom is -0.462 e. The summed E-state index contributed by atoms with van der Waals surface area (Å²) >= 11 is 0. The summed E-state index contributed by atoms with van der Waals surface area (Å²) in [7, 11) is 0. The van der Waals surface area contributed by atoms with E-state index in [2.05, 4.69) is 0 Å². The molecule has 1 aliphatic rings. The predicted molar refractivity (Wildman–Crippen MR) is 66.3 cm³/mol. The van der Waals surface area contributed by atoms with Gasteiger partial charge in [0.05, 0.1) is 12.2 Å². The first kappa shape index (κ1) is 13.5. The third-order valence-corrected chi connectivity index (χ3v) is 3.22. The van der Waals surface area contributed by atoms with Crippen LogP contribution in [0.25, 0.3) is 0 Å². The molecule has 1 N–H and O–H groups in total. The molecule has 1 fully saturated rings. The van der Waals surface area contributed by atoms with Crippen LogP contribution in [0.4, 0.5) is 0 Å². The molecule has 0 amide bonds. The molecule has 0 unspecified atom stereocenters. The maximum Gasteiger partial charge on any atom is 0.338 e. The molecule has 102 valence electrons. The lowest BCUT2D eigenvalue weighted by Crippen LogP contribution is -2.50. The number of aliphatic hydroxyl groups is 1. The van der Waals surface area contributed by atoms with Crippen molar-refractivity contribution in [3.8, 4) is 0 Å². The largest absolute Gasteiger partial charge is 0.462 e. The molecular weight excluding hydrogens is 250 g/mol. The first-order chi connectivity index (χ1) is 8.98. The number of benzene rings is 1. The number of hydrogen-bond donors (Lipinski definition) is 1. The summed E-state index contributed by atoms with van der Waals surface area (Å²) in [5.74, 6) is -0.414. The Hall–Kier alpha value is -1.95. The fourth-order valence-corrected chi connectivity index (χ4v) is 2.35. The van der Waals surface area contributed by atoms with Gasteiger partial charge in [0.25, 0.3) is 0 Å². The van der Waals surface area contributed by atoms with E-state index in [4.69, 9.17) is 4.74 Å². The molecule has 0 spiro atoms. The summed E-state index contributed by atoms with van der Waals surface area (Å²) in [6, 6.07) is 8.62. The van der Waals surface area contributed by atoms with Gasteiger partial charge >= 0.3 is 5.97 Å². The number of esters is 1. The van der Waals surface area contributed by atoms with Crippen LogP contribution in [0.1, 0.15) is 23.2 Å². The Morgan fingerprint density at radius 2 is 2.05 bits per heavy atom. The Morgan fingerprint density at radius 1 is 1.42 bits per heavy atom. The molecule has 0 heterocycles. The van der Waals surface area contributed by atoms with Crippen LogP contribution in [-0.2, 0) is 4.74 Å². The van der Waals surface area contributed by atoms with Gasteiger partial charge in [0.15, 0.2) is 0 Å². The van der Waals surface area contributed by atoms with Crippen molar-refractivity contribution in [2.24, 2.45) is 5.92 Å². The van der Waals surface area contributed by atoms with Crippen LogP contribution in [-0.4, -0.2) is 34.8 Å². The van der Waals surface area contributed by atoms with Crippen LogP contribution in [0.2, 0.25) is 0 Å². The lowest BCUT2D eigenvalue weighted by molar-refractivity contribution is -0.507. The van der Waals surface area contributed by atoms with Crippen LogP contribution in [0.3, 0.4) is 0 Å². The van der Waals surface area contributed by atoms with Crippen LogP contribution in [0, 0.1) is 16.0 Å². The lowest BCUT2D eigenvalue weighted by atomic mass is 9.71. The Morgan fingerprint density at radius 3 is 2.63 bits per heavy atom. The molecule has 0 aliphatic heterocycles. The molecule has 0 bridgehead atoms. The monoisotopic (exact) mass is 265 g/mol. The van der Waals surface area contributed by atoms with E-state index in [-0.39, 0.29) is 12.5 Å². The van der Waals surface area contributed by atoms with Crippen molar-refractivity contribution in [1.82, 2.24) is 0 Å². The van der Waals surface area contributed by atoms with Crippen molar-refractivity contribution in [2.45, 2.75) is 18.4 Å². The molecule has 2 rings (SSSR count). The van der Waals surface area contributed by atoms with Crippen molar-refractivity contribution in [3.05, 3.63) is 46.0 Å². The quantitative estimate of drug-likeness (QED) is 0.492. The number of nitro groups is 1. The van der Waals surface area contributed by atoms with Gasteiger partial charge in [-0.05, 0) is 30.9 Å². The molecule has 6 heteroatoms. The molecule has 0 saturated heterocycles. The summed E-state index contributed by atoms with van der Waals surface area (Å²) in [5.41, 5.74) is -0.754. The van der Waals surface area contributed by atoms with Gasteiger partial charge in [0.2, 0.25) is 6.54 Å². The molecule has 19 heavy (non-hydrogen) atoms. The highest BCUT2D eigenvalue weighted by Crippen LogP contribution is 2.38. The number of carbonyl (C=O) groups is 1. The Labute approximate surface area is 110 Å². The average molecular weight is 265 g/mol. The predicted octanol–water partition coefficient (Wildman–Crippen LogP) is 1.26. The Bertz CT molecular complexity index is 467. The van der Waals surface area contributed by atoms with Gasteiger partial charge in [-0.15, -0.1) is 0 Å². The van der Waals surface area contributed by atoms with Crippen molar-refractivity contribution < 1.29 is 19.6 Å². The summed E-state index contributed by atoms with van der Waals surface area (Å²) in [4.78, 5) is 21.4. The van der Waals surface area contributed by atoms with E-state index >= 15 is 0 Å². The smallest absolute Gasteiger partial charge is 0.338 e. The maximum atomic E-state index is 11.6. The van der Waals surface area contributed by atoms with E-state index < -0.39 is 23.0 Å². The zero-order valence-electron chi connectivity index (χ0n) is 10.3. The van der Waals surface area contributed by atoms with Gasteiger partial charge in [-0.3, -0.25) is 10.1 Å². The fraction of sp³-hybridized carbons (Fsp3) is 0.462. The normalized spacial score (nSPS) is 25.4. The van der Waals surface area contributed by atoms with E-state index in [1.165, 1.54) is 0 Å². The molecule has 0 radical (unpaired) electrons. The zero-order valence-corrected chi connectivity index (χ0v) is 10.3. The minimum atomic E-state index is -1.23. The third-order valence-electron chi connectivity index (χ3n) is 3.22. The average Bonchev–Trinajstić information content (AvgIpc) is 2.33. The molecule has 1 saturated carbocycles. The number of carbonyl (C=O) groups excluding carboxylic acids is 1. The molecule has 1 aliphatic carbocycles. The van der Waals surface area contributed by atoms with E-state index in [0.29, 0.717) is 18.4 Å². The van der Waals surface area contributed by atoms with Crippen LogP contribution < -0.4 is 0 Å². The molecule has 0 atom stereocenters. The second-order valence-corrected chi connectivity index (χ2v) is 4.95. The van der Waals surface area contributed by atoms with Crippen LogP contribution in [0.5, 0.6) is 0 Å². The van der Waals surface area contributed by atoms with Crippen molar-refractivity contribution in [3.63, 3.8) is 0 Å². The van der Waals surface area contributed by atoms with Gasteiger partial charge in [-0.25, -0.2) is 4.79 Å². The molecule has 6 nitrogen and oxygen atoms in total. The Kier molecular flexibility index (Phi) is 3.80. The third kappa shape index (κ3) is 3.51. The van der Waals surface area contributed by atoms with E-state index in [9.17, 15) is 20.0 Å². The maximum absolute atomic E-state index is 11.6. The summed E-state index contributed by atoms with van der Waals surface area (Å²) in [6.07, 6.45) is 0.603. The zero-order chi connectivity index (χ0) is 13.9. The van der Waals surface area contributed by atoms with Crippen LogP contribution >= 0.6 is 0 Å². The van der Waals surface area contributed by atoms with Gasteiger partial charge in [0, 0.05) is 4.92 Å². The van der Waals surface area contributed by atoms with E-state index in [1.54, 1.807) is 30.3 Å². The SMILES string of the molecule is O=C(OCC1CC(O)(C[N+](=O)[O-])C1)c1ccccc1. The summed E-state index contributed by atoms with van der Waals surface area (Å²) in [5, 5.41) is 20.1. The standard InChI is InChI=1S/C13H15NO5/c15-12(11-4-2-1-3-5-11)19-8-10-6-13(16,7-10)9-14(17)18/h1-5,10,16H,6-9H2. The van der Waals surface area contributed by atoms with Crippen LogP contribution in [0.15, 0.2) is 30.3 Å². The lowest BCUT2D eigenvalue weighted by Gasteiger charge is -2.40. The first-order valence-corrected chi connectivity index (χ1v) is 6.05. The fourth-order valence-electron chi connectivity index (χ4n) is 2.35. The topological polar surface area (TPSA) is 89.7 Å². The highest BCUT2D eigenvalue weighted by molar-refractivity contribution is 5.89. The number of ether oxygens (including phenoxy) is 1. The van der Waals surface area contributed by atoms with E-state index in [1.807, 2.05) is 0 Å². The first-order valence-electron chi connectivity index (χ1n) is 6.05. The number of hydrogen-bond acceptors (Lipinski definition) is 5. The van der Waals surface area contributed by atoms with Crippen molar-refractivity contribution in [2.75, 3.05) is 13.2 Å². The second kappa shape index (κ2) is 5.36. The van der Waals surface area contributed by atoms with E-state index in [0.717, 1.165) is 0 Å². The molecule has 0 aromatic heterocycles. The molecule has 1 aromatic rings. The van der Waals surface area contributed by atoms with Gasteiger partial charge < -0.3 is 9.84 Å². The number of rotatable bonds is 5. The Balaban J connectivity index is 1.74. The summed E-state index contributed by atoms with van der Waals surface area (Å²) in [6.45, 7) is -0.260.